The highest BCUT2D eigenvalue weighted by atomic mass is 16.5. The fourth-order valence-electron chi connectivity index (χ4n) is 3.07. The first-order chi connectivity index (χ1) is 8.36. The van der Waals surface area contributed by atoms with Crippen molar-refractivity contribution in [2.45, 2.75) is 25.3 Å². The van der Waals surface area contributed by atoms with Crippen LogP contribution in [0.25, 0.3) is 0 Å². The second-order valence-corrected chi connectivity index (χ2v) is 4.90. The van der Waals surface area contributed by atoms with E-state index in [0.29, 0.717) is 11.8 Å². The van der Waals surface area contributed by atoms with E-state index in [0.717, 1.165) is 38.3 Å². The van der Waals surface area contributed by atoms with Crippen LogP contribution in [-0.4, -0.2) is 36.3 Å². The SMILES string of the molecule is Oc1cccc2c1CCCC2N1CCOCC1. The molecular formula is C14H19NO2. The summed E-state index contributed by atoms with van der Waals surface area (Å²) in [4.78, 5) is 2.50. The number of rotatable bonds is 1. The molecule has 3 heteroatoms. The predicted octanol–water partition coefficient (Wildman–Crippen LogP) is 2.10. The van der Waals surface area contributed by atoms with Crippen LogP contribution >= 0.6 is 0 Å². The molecule has 1 saturated heterocycles. The van der Waals surface area contributed by atoms with Gasteiger partial charge in [-0.05, 0) is 36.5 Å². The Morgan fingerprint density at radius 2 is 2.06 bits per heavy atom. The molecule has 1 N–H and O–H groups in total. The summed E-state index contributed by atoms with van der Waals surface area (Å²) < 4.78 is 5.41. The molecule has 1 aromatic carbocycles. The van der Waals surface area contributed by atoms with Gasteiger partial charge in [-0.15, -0.1) is 0 Å². The highest BCUT2D eigenvalue weighted by Crippen LogP contribution is 2.38. The van der Waals surface area contributed by atoms with E-state index in [2.05, 4.69) is 11.0 Å². The lowest BCUT2D eigenvalue weighted by molar-refractivity contribution is 0.0123. The zero-order chi connectivity index (χ0) is 11.7. The molecule has 0 bridgehead atoms. The largest absolute Gasteiger partial charge is 0.508 e. The summed E-state index contributed by atoms with van der Waals surface area (Å²) >= 11 is 0. The Morgan fingerprint density at radius 1 is 1.24 bits per heavy atom. The molecule has 1 fully saturated rings. The molecule has 1 aliphatic carbocycles. The number of benzene rings is 1. The minimum atomic E-state index is 0.473. The minimum Gasteiger partial charge on any atom is -0.508 e. The lowest BCUT2D eigenvalue weighted by Crippen LogP contribution is -2.40. The van der Waals surface area contributed by atoms with E-state index in [4.69, 9.17) is 4.74 Å². The van der Waals surface area contributed by atoms with Crippen LogP contribution in [0, 0.1) is 0 Å². The topological polar surface area (TPSA) is 32.7 Å². The Morgan fingerprint density at radius 3 is 2.88 bits per heavy atom. The van der Waals surface area contributed by atoms with Gasteiger partial charge in [0.25, 0.3) is 0 Å². The van der Waals surface area contributed by atoms with Crippen LogP contribution in [0.5, 0.6) is 5.75 Å². The van der Waals surface area contributed by atoms with E-state index < -0.39 is 0 Å². The standard InChI is InChI=1S/C14H19NO2/c16-14-6-2-3-11-12(14)4-1-5-13(11)15-7-9-17-10-8-15/h2-3,6,13,16H,1,4-5,7-10H2. The average molecular weight is 233 g/mol. The van der Waals surface area contributed by atoms with E-state index in [-0.39, 0.29) is 0 Å². The highest BCUT2D eigenvalue weighted by Gasteiger charge is 2.28. The molecule has 17 heavy (non-hydrogen) atoms. The van der Waals surface area contributed by atoms with Crippen molar-refractivity contribution < 1.29 is 9.84 Å². The van der Waals surface area contributed by atoms with Crippen LogP contribution in [0.3, 0.4) is 0 Å². The van der Waals surface area contributed by atoms with Crippen LogP contribution in [0.4, 0.5) is 0 Å². The number of phenolic OH excluding ortho intramolecular Hbond substituents is 1. The Labute approximate surface area is 102 Å². The molecule has 1 unspecified atom stereocenters. The summed E-state index contributed by atoms with van der Waals surface area (Å²) in [6.45, 7) is 3.70. The smallest absolute Gasteiger partial charge is 0.119 e. The second-order valence-electron chi connectivity index (χ2n) is 4.90. The van der Waals surface area contributed by atoms with Gasteiger partial charge in [-0.1, -0.05) is 12.1 Å². The van der Waals surface area contributed by atoms with Crippen molar-refractivity contribution in [3.05, 3.63) is 29.3 Å². The molecular weight excluding hydrogens is 214 g/mol. The zero-order valence-electron chi connectivity index (χ0n) is 10.1. The van der Waals surface area contributed by atoms with E-state index >= 15 is 0 Å². The number of aromatic hydroxyl groups is 1. The average Bonchev–Trinajstić information content (AvgIpc) is 2.40. The Bertz CT molecular complexity index is 399. The summed E-state index contributed by atoms with van der Waals surface area (Å²) in [7, 11) is 0. The Hall–Kier alpha value is -1.06. The van der Waals surface area contributed by atoms with E-state index in [1.807, 2.05) is 6.07 Å². The molecule has 92 valence electrons. The van der Waals surface area contributed by atoms with Gasteiger partial charge in [0, 0.05) is 19.1 Å². The van der Waals surface area contributed by atoms with E-state index in [9.17, 15) is 5.11 Å². The zero-order valence-corrected chi connectivity index (χ0v) is 10.1. The number of fused-ring (bicyclic) bond motifs is 1. The van der Waals surface area contributed by atoms with Crippen molar-refractivity contribution in [1.82, 2.24) is 4.90 Å². The van der Waals surface area contributed by atoms with Gasteiger partial charge in [0.2, 0.25) is 0 Å². The summed E-state index contributed by atoms with van der Waals surface area (Å²) in [6, 6.07) is 6.43. The fourth-order valence-corrected chi connectivity index (χ4v) is 3.07. The normalized spacial score (nSPS) is 25.5. The van der Waals surface area contributed by atoms with E-state index in [1.54, 1.807) is 6.07 Å². The van der Waals surface area contributed by atoms with Gasteiger partial charge >= 0.3 is 0 Å². The molecule has 1 aromatic rings. The van der Waals surface area contributed by atoms with Crippen molar-refractivity contribution in [2.24, 2.45) is 0 Å². The minimum absolute atomic E-state index is 0.473. The molecule has 3 rings (SSSR count). The Balaban J connectivity index is 1.90. The van der Waals surface area contributed by atoms with Gasteiger partial charge in [-0.2, -0.15) is 0 Å². The monoisotopic (exact) mass is 233 g/mol. The number of nitrogens with zero attached hydrogens (tertiary/aromatic N) is 1. The molecule has 3 nitrogen and oxygen atoms in total. The lowest BCUT2D eigenvalue weighted by atomic mass is 9.86. The quantitative estimate of drug-likeness (QED) is 0.806. The second kappa shape index (κ2) is 4.67. The maximum Gasteiger partial charge on any atom is 0.119 e. The molecule has 0 saturated carbocycles. The van der Waals surface area contributed by atoms with Crippen LogP contribution in [0.1, 0.15) is 30.0 Å². The maximum atomic E-state index is 9.93. The van der Waals surface area contributed by atoms with E-state index in [1.165, 1.54) is 18.4 Å². The van der Waals surface area contributed by atoms with Gasteiger partial charge in [0.1, 0.15) is 5.75 Å². The first-order valence-corrected chi connectivity index (χ1v) is 6.49. The van der Waals surface area contributed by atoms with Crippen LogP contribution in [0.15, 0.2) is 18.2 Å². The fraction of sp³-hybridized carbons (Fsp3) is 0.571. The van der Waals surface area contributed by atoms with Gasteiger partial charge in [-0.3, -0.25) is 4.90 Å². The third kappa shape index (κ3) is 2.05. The van der Waals surface area contributed by atoms with Crippen molar-refractivity contribution in [1.29, 1.82) is 0 Å². The third-order valence-corrected chi connectivity index (χ3v) is 3.94. The molecule has 2 aliphatic rings. The van der Waals surface area contributed by atoms with Gasteiger partial charge in [0.15, 0.2) is 0 Å². The third-order valence-electron chi connectivity index (χ3n) is 3.94. The number of hydrogen-bond donors (Lipinski definition) is 1. The van der Waals surface area contributed by atoms with Gasteiger partial charge in [-0.25, -0.2) is 0 Å². The first-order valence-electron chi connectivity index (χ1n) is 6.49. The molecule has 0 amide bonds. The van der Waals surface area contributed by atoms with Crippen molar-refractivity contribution in [3.63, 3.8) is 0 Å². The molecule has 0 aromatic heterocycles. The number of phenols is 1. The lowest BCUT2D eigenvalue weighted by Gasteiger charge is -2.38. The summed E-state index contributed by atoms with van der Waals surface area (Å²) in [6.07, 6.45) is 3.39. The summed E-state index contributed by atoms with van der Waals surface area (Å²) in [5, 5.41) is 9.93. The van der Waals surface area contributed by atoms with Crippen molar-refractivity contribution in [2.75, 3.05) is 26.3 Å². The summed E-state index contributed by atoms with van der Waals surface area (Å²) in [5.41, 5.74) is 2.49. The van der Waals surface area contributed by atoms with Crippen molar-refractivity contribution >= 4 is 0 Å². The molecule has 1 aliphatic heterocycles. The van der Waals surface area contributed by atoms with Crippen LogP contribution < -0.4 is 0 Å². The Kier molecular flexibility index (Phi) is 3.04. The molecule has 0 spiro atoms. The van der Waals surface area contributed by atoms with Crippen molar-refractivity contribution in [3.8, 4) is 5.75 Å². The van der Waals surface area contributed by atoms with Crippen LogP contribution in [-0.2, 0) is 11.2 Å². The van der Waals surface area contributed by atoms with Gasteiger partial charge < -0.3 is 9.84 Å². The molecule has 0 radical (unpaired) electrons. The summed E-state index contributed by atoms with van der Waals surface area (Å²) in [5.74, 6) is 0.473. The number of hydrogen-bond acceptors (Lipinski definition) is 3. The molecule has 1 atom stereocenters. The predicted molar refractivity (Wildman–Crippen MR) is 66.2 cm³/mol. The van der Waals surface area contributed by atoms with Crippen LogP contribution in [0.2, 0.25) is 0 Å². The number of ether oxygens (including phenoxy) is 1. The molecule has 1 heterocycles. The highest BCUT2D eigenvalue weighted by molar-refractivity contribution is 5.42. The first kappa shape index (κ1) is 11.1. The van der Waals surface area contributed by atoms with Gasteiger partial charge in [0.05, 0.1) is 13.2 Å². The maximum absolute atomic E-state index is 9.93. The number of morpholine rings is 1.